The van der Waals surface area contributed by atoms with Gasteiger partial charge in [-0.25, -0.2) is 9.79 Å². The third-order valence-electron chi connectivity index (χ3n) is 3.70. The summed E-state index contributed by atoms with van der Waals surface area (Å²) in [7, 11) is 1.47. The van der Waals surface area contributed by atoms with Gasteiger partial charge in [-0.3, -0.25) is 0 Å². The first-order valence-electron chi connectivity index (χ1n) is 6.86. The molecule has 0 amide bonds. The van der Waals surface area contributed by atoms with E-state index in [-0.39, 0.29) is 5.57 Å². The molecule has 1 atom stereocenters. The van der Waals surface area contributed by atoms with E-state index in [9.17, 15) is 4.79 Å². The van der Waals surface area contributed by atoms with Crippen LogP contribution in [0.1, 0.15) is 17.0 Å². The lowest BCUT2D eigenvalue weighted by Gasteiger charge is -2.19. The first-order chi connectivity index (χ1) is 11.0. The Morgan fingerprint density at radius 2 is 2.13 bits per heavy atom. The average molecular weight is 332 g/mol. The zero-order valence-corrected chi connectivity index (χ0v) is 13.6. The van der Waals surface area contributed by atoms with Crippen LogP contribution in [0.25, 0.3) is 5.57 Å². The molecule has 1 aromatic carbocycles. The number of anilines is 1. The first-order valence-corrected chi connectivity index (χ1v) is 7.24. The number of aromatic nitrogens is 1. The van der Waals surface area contributed by atoms with Crippen LogP contribution in [0.15, 0.2) is 27.2 Å². The molecule has 6 nitrogen and oxygen atoms in total. The van der Waals surface area contributed by atoms with E-state index >= 15 is 0 Å². The van der Waals surface area contributed by atoms with E-state index < -0.39 is 6.23 Å². The van der Waals surface area contributed by atoms with Gasteiger partial charge in [-0.2, -0.15) is 0 Å². The number of carbonyl (C=O) groups excluding carboxylic acids is 1. The van der Waals surface area contributed by atoms with E-state index in [1.807, 2.05) is 12.9 Å². The Morgan fingerprint density at radius 1 is 1.39 bits per heavy atom. The van der Waals surface area contributed by atoms with Gasteiger partial charge >= 0.3 is 0 Å². The van der Waals surface area contributed by atoms with E-state index in [2.05, 4.69) is 10.1 Å². The molecular weight excluding hydrogens is 318 g/mol. The lowest BCUT2D eigenvalue weighted by atomic mass is 9.95. The Labute approximate surface area is 136 Å². The third-order valence-corrected chi connectivity index (χ3v) is 4.20. The molecule has 7 heteroatoms. The highest BCUT2D eigenvalue weighted by atomic mass is 35.5. The van der Waals surface area contributed by atoms with Gasteiger partial charge < -0.3 is 15.0 Å². The van der Waals surface area contributed by atoms with Crippen LogP contribution in [0.4, 0.5) is 5.69 Å². The van der Waals surface area contributed by atoms with Crippen LogP contribution in [0.5, 0.6) is 0 Å². The summed E-state index contributed by atoms with van der Waals surface area (Å²) in [5.74, 6) is 2.50. The minimum absolute atomic E-state index is 0.208. The summed E-state index contributed by atoms with van der Waals surface area (Å²) in [6.45, 7) is 3.59. The number of nitrogens with two attached hydrogens (primary N) is 1. The van der Waals surface area contributed by atoms with Crippen LogP contribution in [-0.2, 0) is 9.53 Å². The summed E-state index contributed by atoms with van der Waals surface area (Å²) in [6.07, 6.45) is -0.785. The molecule has 0 saturated heterocycles. The van der Waals surface area contributed by atoms with Crippen LogP contribution in [0.3, 0.4) is 0 Å². The first kappa shape index (κ1) is 15.5. The van der Waals surface area contributed by atoms with Gasteiger partial charge in [0.2, 0.25) is 0 Å². The molecule has 3 rings (SSSR count). The number of methoxy groups -OCH3 is 1. The number of hydrogen-bond acceptors (Lipinski definition) is 6. The number of halogens is 1. The quantitative estimate of drug-likeness (QED) is 0.657. The maximum absolute atomic E-state index is 11.5. The molecule has 118 valence electrons. The normalized spacial score (nSPS) is 16.8. The van der Waals surface area contributed by atoms with Crippen molar-refractivity contribution in [3.8, 4) is 0 Å². The van der Waals surface area contributed by atoms with Crippen molar-refractivity contribution >= 4 is 28.8 Å². The topological polar surface area (TPSA) is 90.7 Å². The molecule has 0 fully saturated rings. The number of nitrogen functional groups attached to an aromatic ring is 1. The second-order valence-corrected chi connectivity index (χ2v) is 5.62. The summed E-state index contributed by atoms with van der Waals surface area (Å²) in [5, 5.41) is 5.54. The number of fused-ring (bicyclic) bond motifs is 1. The Morgan fingerprint density at radius 3 is 2.70 bits per heavy atom. The maximum atomic E-state index is 11.5. The molecule has 1 unspecified atom stereocenters. The highest BCUT2D eigenvalue weighted by Gasteiger charge is 2.28. The van der Waals surface area contributed by atoms with Gasteiger partial charge in [0, 0.05) is 24.0 Å². The number of nitrogens with zero attached hydrogens (tertiary/aromatic N) is 2. The van der Waals surface area contributed by atoms with E-state index in [1.165, 1.54) is 7.11 Å². The predicted molar refractivity (Wildman–Crippen MR) is 85.1 cm³/mol. The molecular formula is C16H14ClN3O3. The standard InChI is InChI=1S/C16H14ClN3O3/c1-7-4-10-13(15(18)14(7)17)12(11-5-8(2)23-20-11)9(6-21)16(19-10)22-3/h4-5,16H,18H2,1-3H3. The molecule has 0 bridgehead atoms. The summed E-state index contributed by atoms with van der Waals surface area (Å²) < 4.78 is 10.4. The van der Waals surface area contributed by atoms with Gasteiger partial charge in [0.1, 0.15) is 17.4 Å². The van der Waals surface area contributed by atoms with Gasteiger partial charge in [-0.1, -0.05) is 16.8 Å². The van der Waals surface area contributed by atoms with Crippen LogP contribution >= 0.6 is 11.6 Å². The van der Waals surface area contributed by atoms with Crippen molar-refractivity contribution in [3.05, 3.63) is 50.3 Å². The minimum Gasteiger partial charge on any atom is -0.397 e. The fraction of sp³-hybridized carbons (Fsp3) is 0.250. The van der Waals surface area contributed by atoms with E-state index in [4.69, 9.17) is 26.6 Å². The highest BCUT2D eigenvalue weighted by Crippen LogP contribution is 2.27. The summed E-state index contributed by atoms with van der Waals surface area (Å²) >= 11 is 6.27. The average Bonchev–Trinajstić information content (AvgIpc) is 2.97. The number of ether oxygens (including phenoxy) is 1. The van der Waals surface area contributed by atoms with Gasteiger partial charge in [0.05, 0.1) is 21.6 Å². The molecule has 1 aliphatic rings. The molecule has 0 spiro atoms. The molecule has 1 aromatic heterocycles. The molecule has 1 aliphatic heterocycles. The molecule has 0 aliphatic carbocycles. The Kier molecular flexibility index (Phi) is 3.82. The second kappa shape index (κ2) is 5.66. The molecule has 23 heavy (non-hydrogen) atoms. The maximum Gasteiger partial charge on any atom is 0.185 e. The van der Waals surface area contributed by atoms with E-state index in [0.29, 0.717) is 38.3 Å². The van der Waals surface area contributed by atoms with Gasteiger partial charge in [0.25, 0.3) is 0 Å². The van der Waals surface area contributed by atoms with Crippen LogP contribution in [-0.4, -0.2) is 24.4 Å². The number of aryl methyl sites for hydroxylation is 2. The van der Waals surface area contributed by atoms with Gasteiger partial charge in [0.15, 0.2) is 6.23 Å². The molecule has 2 N–H and O–H groups in total. The van der Waals surface area contributed by atoms with Gasteiger partial charge in [-0.05, 0) is 25.5 Å². The Balaban J connectivity index is 2.55. The van der Waals surface area contributed by atoms with Crippen LogP contribution < -0.4 is 16.3 Å². The third kappa shape index (κ3) is 2.37. The zero-order valence-electron chi connectivity index (χ0n) is 12.8. The van der Waals surface area contributed by atoms with E-state index in [1.54, 1.807) is 19.1 Å². The van der Waals surface area contributed by atoms with Crippen LogP contribution in [0.2, 0.25) is 5.02 Å². The summed E-state index contributed by atoms with van der Waals surface area (Å²) in [6, 6.07) is 3.51. The van der Waals surface area contributed by atoms with Crippen molar-refractivity contribution in [1.82, 2.24) is 5.16 Å². The molecule has 2 aromatic rings. The molecule has 0 radical (unpaired) electrons. The van der Waals surface area contributed by atoms with Crippen molar-refractivity contribution < 1.29 is 14.1 Å². The van der Waals surface area contributed by atoms with Crippen molar-refractivity contribution in [2.24, 2.45) is 4.99 Å². The number of rotatable bonds is 2. The zero-order chi connectivity index (χ0) is 16.7. The minimum atomic E-state index is -0.785. The SMILES string of the molecule is COC1N=c2cc(C)c(Cl)c(N)c2=C(c2cc(C)on2)C1=C=O. The predicted octanol–water partition coefficient (Wildman–Crippen LogP) is 1.09. The molecule has 0 saturated carbocycles. The largest absolute Gasteiger partial charge is 0.397 e. The van der Waals surface area contributed by atoms with Crippen molar-refractivity contribution in [3.63, 3.8) is 0 Å². The molecule has 2 heterocycles. The fourth-order valence-electron chi connectivity index (χ4n) is 2.64. The van der Waals surface area contributed by atoms with Crippen molar-refractivity contribution in [2.75, 3.05) is 12.8 Å². The van der Waals surface area contributed by atoms with Crippen molar-refractivity contribution in [2.45, 2.75) is 20.1 Å². The highest BCUT2D eigenvalue weighted by molar-refractivity contribution is 6.33. The van der Waals surface area contributed by atoms with Crippen LogP contribution in [0, 0.1) is 13.8 Å². The Bertz CT molecular complexity index is 971. The van der Waals surface area contributed by atoms with Crippen molar-refractivity contribution in [1.29, 1.82) is 0 Å². The Hall–Kier alpha value is -2.40. The summed E-state index contributed by atoms with van der Waals surface area (Å²) in [5.41, 5.74) is 8.46. The summed E-state index contributed by atoms with van der Waals surface area (Å²) in [4.78, 5) is 16.0. The fourth-order valence-corrected chi connectivity index (χ4v) is 2.79. The lowest BCUT2D eigenvalue weighted by Crippen LogP contribution is -2.39. The second-order valence-electron chi connectivity index (χ2n) is 5.25. The number of benzene rings is 1. The number of hydrogen-bond donors (Lipinski definition) is 1. The van der Waals surface area contributed by atoms with Gasteiger partial charge in [-0.15, -0.1) is 0 Å². The monoisotopic (exact) mass is 331 g/mol. The van der Waals surface area contributed by atoms with E-state index in [0.717, 1.165) is 5.56 Å². The lowest BCUT2D eigenvalue weighted by molar-refractivity contribution is 0.139. The smallest absolute Gasteiger partial charge is 0.185 e.